The number of hydrogen-bond donors (Lipinski definition) is 1. The molecule has 0 aromatic heterocycles. The first-order chi connectivity index (χ1) is 24.1. The van der Waals surface area contributed by atoms with Crippen molar-refractivity contribution in [1.82, 2.24) is 0 Å². The van der Waals surface area contributed by atoms with Crippen LogP contribution in [0.2, 0.25) is 0 Å². The molecule has 0 heterocycles. The third-order valence-electron chi connectivity index (χ3n) is 8.47. The van der Waals surface area contributed by atoms with E-state index in [0.717, 1.165) is 70.6 Å². The van der Waals surface area contributed by atoms with Gasteiger partial charge in [-0.3, -0.25) is 9.59 Å². The van der Waals surface area contributed by atoms with E-state index < -0.39 is 0 Å². The number of allylic oxidation sites excluding steroid dienone is 8. The standard InChI is InChI=1S/C43H77NO5/c1-3-5-7-9-11-13-15-17-19-21-23-25-27-29-31-34-42(45)48-39-41(38-47-37-33-36-44)40-49-43(46)35-32-30-28-26-24-22-20-18-16-14-12-10-8-6-4-2/h11-14,17-20,41H,3-10,15-16,21-40,44H2,1-2H3/b13-11-,14-12-,19-17-,20-18-. The molecule has 2 N–H and O–H groups in total. The molecule has 0 aliphatic carbocycles. The van der Waals surface area contributed by atoms with E-state index in [9.17, 15) is 9.59 Å². The summed E-state index contributed by atoms with van der Waals surface area (Å²) in [6.45, 7) is 6.39. The van der Waals surface area contributed by atoms with Gasteiger partial charge in [0.1, 0.15) is 0 Å². The molecule has 0 bridgehead atoms. The molecule has 6 heteroatoms. The van der Waals surface area contributed by atoms with Gasteiger partial charge < -0.3 is 19.9 Å². The minimum absolute atomic E-state index is 0.167. The molecule has 0 spiro atoms. The Morgan fingerprint density at radius 2 is 0.878 bits per heavy atom. The van der Waals surface area contributed by atoms with Gasteiger partial charge in [0, 0.05) is 19.4 Å². The predicted molar refractivity (Wildman–Crippen MR) is 209 cm³/mol. The Kier molecular flexibility index (Phi) is 38.5. The van der Waals surface area contributed by atoms with Crippen LogP contribution in [0.1, 0.15) is 174 Å². The van der Waals surface area contributed by atoms with Crippen LogP contribution in [0.15, 0.2) is 48.6 Å². The molecule has 0 aromatic rings. The van der Waals surface area contributed by atoms with Crippen LogP contribution < -0.4 is 5.73 Å². The number of nitrogens with two attached hydrogens (primary N) is 1. The summed E-state index contributed by atoms with van der Waals surface area (Å²) >= 11 is 0. The number of unbranched alkanes of at least 4 members (excludes halogenated alkanes) is 16. The molecule has 0 rings (SSSR count). The van der Waals surface area contributed by atoms with Gasteiger partial charge in [-0.2, -0.15) is 0 Å². The third-order valence-corrected chi connectivity index (χ3v) is 8.47. The van der Waals surface area contributed by atoms with E-state index in [1.165, 1.54) is 77.0 Å². The fourth-order valence-corrected chi connectivity index (χ4v) is 5.31. The maximum Gasteiger partial charge on any atom is 0.305 e. The van der Waals surface area contributed by atoms with Crippen LogP contribution in [0, 0.1) is 5.92 Å². The summed E-state index contributed by atoms with van der Waals surface area (Å²) in [4.78, 5) is 24.7. The molecule has 0 aliphatic rings. The predicted octanol–water partition coefficient (Wildman–Crippen LogP) is 11.7. The molecule has 0 atom stereocenters. The normalized spacial score (nSPS) is 12.1. The van der Waals surface area contributed by atoms with Gasteiger partial charge >= 0.3 is 11.9 Å². The van der Waals surface area contributed by atoms with E-state index in [1.807, 2.05) is 0 Å². The van der Waals surface area contributed by atoms with Crippen molar-refractivity contribution in [2.75, 3.05) is 33.0 Å². The molecule has 284 valence electrons. The van der Waals surface area contributed by atoms with Crippen molar-refractivity contribution in [2.45, 2.75) is 174 Å². The van der Waals surface area contributed by atoms with Gasteiger partial charge in [0.15, 0.2) is 0 Å². The van der Waals surface area contributed by atoms with Crippen LogP contribution in [0.5, 0.6) is 0 Å². The van der Waals surface area contributed by atoms with E-state index in [2.05, 4.69) is 62.5 Å². The SMILES string of the molecule is CCCCC/C=C\C/C=C\CCCCCCCC(=O)OCC(COCCCN)COC(=O)CCCCCCC/C=C\C/C=C\CCCCC. The molecule has 0 aromatic carbocycles. The van der Waals surface area contributed by atoms with Crippen molar-refractivity contribution >= 4 is 11.9 Å². The Balaban J connectivity index is 3.96. The largest absolute Gasteiger partial charge is 0.465 e. The number of rotatable bonds is 37. The molecule has 0 fully saturated rings. The lowest BCUT2D eigenvalue weighted by Crippen LogP contribution is -2.25. The fraction of sp³-hybridized carbons (Fsp3) is 0.767. The lowest BCUT2D eigenvalue weighted by Gasteiger charge is -2.17. The van der Waals surface area contributed by atoms with E-state index in [1.54, 1.807) is 0 Å². The lowest BCUT2D eigenvalue weighted by molar-refractivity contribution is -0.150. The van der Waals surface area contributed by atoms with Gasteiger partial charge in [-0.1, -0.05) is 127 Å². The molecule has 0 radical (unpaired) electrons. The molecule has 6 nitrogen and oxygen atoms in total. The van der Waals surface area contributed by atoms with Gasteiger partial charge in [0.2, 0.25) is 0 Å². The third kappa shape index (κ3) is 38.5. The summed E-state index contributed by atoms with van der Waals surface area (Å²) in [6.07, 6.45) is 45.2. The minimum atomic E-state index is -0.186. The molecule has 0 saturated heterocycles. The van der Waals surface area contributed by atoms with E-state index in [-0.39, 0.29) is 31.1 Å². The van der Waals surface area contributed by atoms with Gasteiger partial charge in [0.25, 0.3) is 0 Å². The van der Waals surface area contributed by atoms with Crippen molar-refractivity contribution < 1.29 is 23.8 Å². The Bertz CT molecular complexity index is 772. The van der Waals surface area contributed by atoms with Crippen molar-refractivity contribution in [1.29, 1.82) is 0 Å². The molecule has 0 unspecified atom stereocenters. The van der Waals surface area contributed by atoms with Gasteiger partial charge in [-0.05, 0) is 90.0 Å². The number of hydrogen-bond acceptors (Lipinski definition) is 6. The highest BCUT2D eigenvalue weighted by Crippen LogP contribution is 2.12. The molecule has 0 aliphatic heterocycles. The average Bonchev–Trinajstić information content (AvgIpc) is 3.10. The Morgan fingerprint density at radius 1 is 0.490 bits per heavy atom. The molecule has 49 heavy (non-hydrogen) atoms. The zero-order chi connectivity index (χ0) is 35.7. The first-order valence-corrected chi connectivity index (χ1v) is 20.3. The lowest BCUT2D eigenvalue weighted by atomic mass is 10.1. The molecular formula is C43H77NO5. The van der Waals surface area contributed by atoms with Crippen molar-refractivity contribution in [2.24, 2.45) is 11.7 Å². The van der Waals surface area contributed by atoms with E-state index >= 15 is 0 Å². The van der Waals surface area contributed by atoms with Crippen molar-refractivity contribution in [3.05, 3.63) is 48.6 Å². The van der Waals surface area contributed by atoms with Crippen molar-refractivity contribution in [3.8, 4) is 0 Å². The highest BCUT2D eigenvalue weighted by atomic mass is 16.6. The Morgan fingerprint density at radius 3 is 1.29 bits per heavy atom. The van der Waals surface area contributed by atoms with Crippen LogP contribution >= 0.6 is 0 Å². The summed E-state index contributed by atoms with van der Waals surface area (Å²) in [7, 11) is 0. The molecule has 0 saturated carbocycles. The first-order valence-electron chi connectivity index (χ1n) is 20.3. The number of ether oxygens (including phenoxy) is 3. The van der Waals surface area contributed by atoms with Crippen LogP contribution in [-0.4, -0.2) is 44.9 Å². The maximum absolute atomic E-state index is 12.4. The summed E-state index contributed by atoms with van der Waals surface area (Å²) in [5.41, 5.74) is 5.57. The second-order valence-corrected chi connectivity index (χ2v) is 13.4. The Labute approximate surface area is 302 Å². The van der Waals surface area contributed by atoms with Gasteiger partial charge in [-0.25, -0.2) is 0 Å². The highest BCUT2D eigenvalue weighted by molar-refractivity contribution is 5.69. The number of carbonyl (C=O) groups is 2. The van der Waals surface area contributed by atoms with Crippen molar-refractivity contribution in [3.63, 3.8) is 0 Å². The summed E-state index contributed by atoms with van der Waals surface area (Å²) in [5.74, 6) is -0.539. The Hall–Kier alpha value is -2.18. The zero-order valence-corrected chi connectivity index (χ0v) is 32.0. The quantitative estimate of drug-likeness (QED) is 0.0397. The van der Waals surface area contributed by atoms with Crippen LogP contribution in [0.4, 0.5) is 0 Å². The second-order valence-electron chi connectivity index (χ2n) is 13.4. The second kappa shape index (κ2) is 40.3. The van der Waals surface area contributed by atoms with E-state index in [0.29, 0.717) is 32.6 Å². The van der Waals surface area contributed by atoms with E-state index in [4.69, 9.17) is 19.9 Å². The molecular weight excluding hydrogens is 610 g/mol. The topological polar surface area (TPSA) is 87.8 Å². The smallest absolute Gasteiger partial charge is 0.305 e. The summed E-state index contributed by atoms with van der Waals surface area (Å²) in [5, 5.41) is 0. The highest BCUT2D eigenvalue weighted by Gasteiger charge is 2.15. The van der Waals surface area contributed by atoms with Crippen LogP contribution in [0.25, 0.3) is 0 Å². The summed E-state index contributed by atoms with van der Waals surface area (Å²) in [6, 6.07) is 0. The first kappa shape index (κ1) is 46.8. The number of carbonyl (C=O) groups excluding carboxylic acids is 2. The van der Waals surface area contributed by atoms with Gasteiger partial charge in [0.05, 0.1) is 25.7 Å². The number of esters is 2. The average molecular weight is 688 g/mol. The maximum atomic E-state index is 12.4. The van der Waals surface area contributed by atoms with Crippen LogP contribution in [-0.2, 0) is 23.8 Å². The monoisotopic (exact) mass is 688 g/mol. The summed E-state index contributed by atoms with van der Waals surface area (Å²) < 4.78 is 16.8. The zero-order valence-electron chi connectivity index (χ0n) is 32.0. The minimum Gasteiger partial charge on any atom is -0.465 e. The van der Waals surface area contributed by atoms with Crippen LogP contribution in [0.3, 0.4) is 0 Å². The molecule has 0 amide bonds. The van der Waals surface area contributed by atoms with Gasteiger partial charge in [-0.15, -0.1) is 0 Å². The fourth-order valence-electron chi connectivity index (χ4n) is 5.31.